The number of hydrogen-bond donors (Lipinski definition) is 0. The average molecular weight is 250 g/mol. The molecule has 2 aromatic carbocycles. The highest BCUT2D eigenvalue weighted by atomic mass is 16.5. The fourth-order valence-electron chi connectivity index (χ4n) is 2.49. The van der Waals surface area contributed by atoms with Crippen molar-refractivity contribution in [3.05, 3.63) is 77.4 Å². The second-order valence-corrected chi connectivity index (χ2v) is 4.55. The zero-order chi connectivity index (χ0) is 13.2. The van der Waals surface area contributed by atoms with Gasteiger partial charge in [-0.2, -0.15) is 0 Å². The molecule has 0 aliphatic heterocycles. The third-order valence-corrected chi connectivity index (χ3v) is 3.34. The van der Waals surface area contributed by atoms with Crippen LogP contribution in [0.15, 0.2) is 55.1 Å². The van der Waals surface area contributed by atoms with Crippen molar-refractivity contribution >= 4 is 5.78 Å². The van der Waals surface area contributed by atoms with E-state index in [9.17, 15) is 4.79 Å². The van der Waals surface area contributed by atoms with Crippen molar-refractivity contribution in [3.63, 3.8) is 0 Å². The Morgan fingerprint density at radius 2 is 1.89 bits per heavy atom. The van der Waals surface area contributed by atoms with Gasteiger partial charge in [0.1, 0.15) is 12.4 Å². The number of ketones is 1. The quantitative estimate of drug-likeness (QED) is 0.666. The molecule has 19 heavy (non-hydrogen) atoms. The van der Waals surface area contributed by atoms with Gasteiger partial charge in [0, 0.05) is 5.56 Å². The monoisotopic (exact) mass is 250 g/mol. The minimum absolute atomic E-state index is 0.0523. The summed E-state index contributed by atoms with van der Waals surface area (Å²) in [6.45, 7) is 4.04. The minimum Gasteiger partial charge on any atom is -0.489 e. The van der Waals surface area contributed by atoms with E-state index in [1.165, 1.54) is 0 Å². The van der Waals surface area contributed by atoms with E-state index in [-0.39, 0.29) is 5.78 Å². The molecule has 0 atom stereocenters. The molecule has 1 aliphatic carbocycles. The highest BCUT2D eigenvalue weighted by Gasteiger charge is 2.25. The van der Waals surface area contributed by atoms with Gasteiger partial charge in [0.15, 0.2) is 5.78 Å². The number of fused-ring (bicyclic) bond motifs is 2. The number of benzene rings is 2. The highest BCUT2D eigenvalue weighted by Crippen LogP contribution is 2.32. The summed E-state index contributed by atoms with van der Waals surface area (Å²) in [7, 11) is 0. The van der Waals surface area contributed by atoms with Gasteiger partial charge in [0.2, 0.25) is 0 Å². The van der Waals surface area contributed by atoms with Gasteiger partial charge in [-0.15, -0.1) is 0 Å². The first-order chi connectivity index (χ1) is 9.31. The number of carbonyl (C=O) groups is 1. The first-order valence-electron chi connectivity index (χ1n) is 6.29. The molecule has 0 saturated heterocycles. The lowest BCUT2D eigenvalue weighted by Gasteiger charge is -2.20. The van der Waals surface area contributed by atoms with Crippen molar-refractivity contribution in [3.8, 4) is 5.75 Å². The van der Waals surface area contributed by atoms with E-state index < -0.39 is 0 Å². The van der Waals surface area contributed by atoms with E-state index in [0.29, 0.717) is 17.9 Å². The number of hydrogen-bond acceptors (Lipinski definition) is 2. The molecule has 2 heteroatoms. The van der Waals surface area contributed by atoms with E-state index >= 15 is 0 Å². The van der Waals surface area contributed by atoms with Crippen LogP contribution in [0.3, 0.4) is 0 Å². The average Bonchev–Trinajstić information content (AvgIpc) is 2.45. The summed E-state index contributed by atoms with van der Waals surface area (Å²) >= 11 is 0. The van der Waals surface area contributed by atoms with Gasteiger partial charge >= 0.3 is 0 Å². The molecule has 3 rings (SSSR count). The van der Waals surface area contributed by atoms with E-state index in [1.807, 2.05) is 42.5 Å². The Kier molecular flexibility index (Phi) is 2.92. The molecule has 0 aromatic heterocycles. The maximum atomic E-state index is 12.6. The predicted octanol–water partition coefficient (Wildman–Crippen LogP) is 3.39. The fraction of sp³-hybridized carbons (Fsp3) is 0.118. The first kappa shape index (κ1) is 11.7. The van der Waals surface area contributed by atoms with Gasteiger partial charge < -0.3 is 4.74 Å². The Morgan fingerprint density at radius 1 is 1.11 bits per heavy atom. The van der Waals surface area contributed by atoms with Crippen LogP contribution in [0.5, 0.6) is 5.75 Å². The predicted molar refractivity (Wildman–Crippen MR) is 74.8 cm³/mol. The molecule has 0 amide bonds. The molecule has 2 nitrogen and oxygen atoms in total. The summed E-state index contributed by atoms with van der Waals surface area (Å²) in [6, 6.07) is 13.5. The molecule has 0 radical (unpaired) electrons. The van der Waals surface area contributed by atoms with Crippen molar-refractivity contribution in [1.82, 2.24) is 0 Å². The van der Waals surface area contributed by atoms with E-state index in [1.54, 1.807) is 6.08 Å². The number of rotatable bonds is 3. The zero-order valence-electron chi connectivity index (χ0n) is 10.6. The number of carbonyl (C=O) groups excluding carboxylic acids is 1. The van der Waals surface area contributed by atoms with Crippen molar-refractivity contribution in [1.29, 1.82) is 0 Å². The molecule has 94 valence electrons. The molecule has 0 spiro atoms. The Morgan fingerprint density at radius 3 is 2.74 bits per heavy atom. The van der Waals surface area contributed by atoms with Crippen LogP contribution < -0.4 is 4.74 Å². The Balaban J connectivity index is 2.10. The molecule has 1 aliphatic rings. The molecule has 0 unspecified atom stereocenters. The highest BCUT2D eigenvalue weighted by molar-refractivity contribution is 6.14. The van der Waals surface area contributed by atoms with Gasteiger partial charge in [-0.25, -0.2) is 0 Å². The molecule has 2 aromatic rings. The summed E-state index contributed by atoms with van der Waals surface area (Å²) in [5.41, 5.74) is 3.60. The van der Waals surface area contributed by atoms with Gasteiger partial charge in [-0.3, -0.25) is 4.79 Å². The van der Waals surface area contributed by atoms with Crippen molar-refractivity contribution in [2.45, 2.75) is 6.42 Å². The molecular weight excluding hydrogens is 236 g/mol. The smallest absolute Gasteiger partial charge is 0.197 e. The summed E-state index contributed by atoms with van der Waals surface area (Å²) in [4.78, 5) is 12.6. The van der Waals surface area contributed by atoms with Gasteiger partial charge in [0.05, 0.1) is 5.56 Å². The van der Waals surface area contributed by atoms with Crippen molar-refractivity contribution in [2.75, 3.05) is 6.61 Å². The number of ether oxygens (including phenoxy) is 1. The standard InChI is InChI=1S/C17H14O2/c1-2-10-19-15-9-5-7-13-11-12-6-3-4-8-14(12)17(18)16(13)15/h2-9H,1,10-11H2. The minimum atomic E-state index is 0.0523. The normalized spacial score (nSPS) is 12.5. The van der Waals surface area contributed by atoms with Crippen molar-refractivity contribution < 1.29 is 9.53 Å². The summed E-state index contributed by atoms with van der Waals surface area (Å²) in [6.07, 6.45) is 2.46. The van der Waals surface area contributed by atoms with Crippen LogP contribution in [-0.4, -0.2) is 12.4 Å². The third kappa shape index (κ3) is 1.95. The molecule has 0 saturated carbocycles. The fourth-order valence-corrected chi connectivity index (χ4v) is 2.49. The van der Waals surface area contributed by atoms with Crippen LogP contribution in [-0.2, 0) is 6.42 Å². The zero-order valence-corrected chi connectivity index (χ0v) is 10.6. The van der Waals surface area contributed by atoms with Crippen LogP contribution in [0.2, 0.25) is 0 Å². The summed E-state index contributed by atoms with van der Waals surface area (Å²) in [5, 5.41) is 0. The Hall–Kier alpha value is -2.35. The van der Waals surface area contributed by atoms with Crippen LogP contribution in [0.1, 0.15) is 27.0 Å². The topological polar surface area (TPSA) is 26.3 Å². The van der Waals surface area contributed by atoms with Crippen LogP contribution in [0.4, 0.5) is 0 Å². The van der Waals surface area contributed by atoms with E-state index in [4.69, 9.17) is 4.74 Å². The third-order valence-electron chi connectivity index (χ3n) is 3.34. The SMILES string of the molecule is C=CCOc1cccc2c1C(=O)c1ccccc1C2. The lowest BCUT2D eigenvalue weighted by atomic mass is 9.84. The second kappa shape index (κ2) is 4.73. The lowest BCUT2D eigenvalue weighted by Crippen LogP contribution is -2.16. The van der Waals surface area contributed by atoms with E-state index in [2.05, 4.69) is 6.58 Å². The van der Waals surface area contributed by atoms with Gasteiger partial charge in [-0.05, 0) is 23.6 Å². The molecular formula is C17H14O2. The van der Waals surface area contributed by atoms with Crippen LogP contribution in [0, 0.1) is 0 Å². The van der Waals surface area contributed by atoms with E-state index in [0.717, 1.165) is 23.1 Å². The van der Waals surface area contributed by atoms with Crippen molar-refractivity contribution in [2.24, 2.45) is 0 Å². The van der Waals surface area contributed by atoms with Crippen LogP contribution in [0.25, 0.3) is 0 Å². The largest absolute Gasteiger partial charge is 0.489 e. The maximum Gasteiger partial charge on any atom is 0.197 e. The maximum absolute atomic E-state index is 12.6. The van der Waals surface area contributed by atoms with Crippen LogP contribution >= 0.6 is 0 Å². The van der Waals surface area contributed by atoms with Gasteiger partial charge in [-0.1, -0.05) is 49.1 Å². The molecule has 0 bridgehead atoms. The second-order valence-electron chi connectivity index (χ2n) is 4.55. The Bertz CT molecular complexity index is 656. The molecule has 0 fully saturated rings. The lowest BCUT2D eigenvalue weighted by molar-refractivity contribution is 0.103. The van der Waals surface area contributed by atoms with Gasteiger partial charge in [0.25, 0.3) is 0 Å². The molecule has 0 heterocycles. The Labute approximate surface area is 112 Å². The summed E-state index contributed by atoms with van der Waals surface area (Å²) in [5.74, 6) is 0.702. The summed E-state index contributed by atoms with van der Waals surface area (Å²) < 4.78 is 5.60. The molecule has 0 N–H and O–H groups in total. The first-order valence-corrected chi connectivity index (χ1v) is 6.29.